The van der Waals surface area contributed by atoms with Gasteiger partial charge in [0.1, 0.15) is 6.61 Å². The molecule has 2 atom stereocenters. The SMILES string of the molecule is O=Cc1cc(C2CN(C(=O)OCc3ccccc3)CCC2(F)F)cn(C(F)C(F)F)c1=O. The van der Waals surface area contributed by atoms with Crippen molar-refractivity contribution in [3.63, 3.8) is 0 Å². The van der Waals surface area contributed by atoms with Crippen LogP contribution in [-0.2, 0) is 11.3 Å². The third-order valence-corrected chi connectivity index (χ3v) is 5.19. The van der Waals surface area contributed by atoms with Gasteiger partial charge in [-0.1, -0.05) is 30.3 Å². The summed E-state index contributed by atoms with van der Waals surface area (Å²) in [7, 11) is 0. The first-order chi connectivity index (χ1) is 15.1. The van der Waals surface area contributed by atoms with Crippen LogP contribution in [0.15, 0.2) is 47.4 Å². The van der Waals surface area contributed by atoms with E-state index >= 15 is 0 Å². The number of benzene rings is 1. The van der Waals surface area contributed by atoms with Crippen LogP contribution in [0.5, 0.6) is 0 Å². The monoisotopic (exact) mass is 458 g/mol. The Hall–Kier alpha value is -3.24. The van der Waals surface area contributed by atoms with Crippen molar-refractivity contribution in [2.75, 3.05) is 13.1 Å². The molecule has 1 aromatic heterocycles. The summed E-state index contributed by atoms with van der Waals surface area (Å²) >= 11 is 0. The lowest BCUT2D eigenvalue weighted by Crippen LogP contribution is -2.48. The molecule has 1 aliphatic heterocycles. The number of rotatable bonds is 6. The topological polar surface area (TPSA) is 68.6 Å². The number of hydrogen-bond acceptors (Lipinski definition) is 4. The Morgan fingerprint density at radius 3 is 2.53 bits per heavy atom. The van der Waals surface area contributed by atoms with Crippen molar-refractivity contribution in [3.05, 3.63) is 69.6 Å². The van der Waals surface area contributed by atoms with Crippen molar-refractivity contribution < 1.29 is 36.3 Å². The number of hydrogen-bond donors (Lipinski definition) is 0. The molecule has 1 saturated heterocycles. The summed E-state index contributed by atoms with van der Waals surface area (Å²) in [6.07, 6.45) is -7.85. The van der Waals surface area contributed by atoms with Gasteiger partial charge < -0.3 is 9.64 Å². The third kappa shape index (κ3) is 4.97. The van der Waals surface area contributed by atoms with Gasteiger partial charge in [0.15, 0.2) is 6.29 Å². The second-order valence-corrected chi connectivity index (χ2v) is 7.32. The average Bonchev–Trinajstić information content (AvgIpc) is 2.77. The minimum atomic E-state index is -3.61. The molecule has 11 heteroatoms. The van der Waals surface area contributed by atoms with Crippen LogP contribution >= 0.6 is 0 Å². The Kier molecular flexibility index (Phi) is 6.95. The summed E-state index contributed by atoms with van der Waals surface area (Å²) in [5, 5.41) is 0. The number of alkyl halides is 5. The fourth-order valence-corrected chi connectivity index (χ4v) is 3.46. The first-order valence-corrected chi connectivity index (χ1v) is 9.61. The van der Waals surface area contributed by atoms with Gasteiger partial charge in [-0.2, -0.15) is 0 Å². The smallest absolute Gasteiger partial charge is 0.410 e. The van der Waals surface area contributed by atoms with Crippen LogP contribution in [-0.4, -0.2) is 47.3 Å². The summed E-state index contributed by atoms with van der Waals surface area (Å²) < 4.78 is 73.9. The highest BCUT2D eigenvalue weighted by Gasteiger charge is 2.47. The zero-order chi connectivity index (χ0) is 23.5. The van der Waals surface area contributed by atoms with Gasteiger partial charge in [0, 0.05) is 25.7 Å². The molecule has 2 unspecified atom stereocenters. The predicted octanol–water partition coefficient (Wildman–Crippen LogP) is 4.16. The van der Waals surface area contributed by atoms with E-state index in [1.54, 1.807) is 30.3 Å². The van der Waals surface area contributed by atoms with Crippen LogP contribution in [0.25, 0.3) is 0 Å². The second kappa shape index (κ2) is 9.49. The van der Waals surface area contributed by atoms with Gasteiger partial charge in [-0.25, -0.2) is 26.7 Å². The first-order valence-electron chi connectivity index (χ1n) is 9.61. The number of amides is 1. The molecule has 0 radical (unpaired) electrons. The molecule has 2 heterocycles. The number of nitrogens with zero attached hydrogens (tertiary/aromatic N) is 2. The molecule has 2 aromatic rings. The lowest BCUT2D eigenvalue weighted by molar-refractivity contribution is -0.0732. The predicted molar refractivity (Wildman–Crippen MR) is 103 cm³/mol. The lowest BCUT2D eigenvalue weighted by atomic mass is 9.87. The maximum atomic E-state index is 14.7. The van der Waals surface area contributed by atoms with E-state index in [0.717, 1.165) is 11.0 Å². The number of carbonyl (C=O) groups is 2. The summed E-state index contributed by atoms with van der Waals surface area (Å²) in [5.74, 6) is -5.18. The molecule has 0 spiro atoms. The van der Waals surface area contributed by atoms with Crippen molar-refractivity contribution in [2.45, 2.75) is 37.6 Å². The molecule has 6 nitrogen and oxygen atoms in total. The highest BCUT2D eigenvalue weighted by atomic mass is 19.3. The number of piperidine rings is 1. The van der Waals surface area contributed by atoms with Gasteiger partial charge in [-0.05, 0) is 17.2 Å². The van der Waals surface area contributed by atoms with Crippen LogP contribution in [0, 0.1) is 0 Å². The van der Waals surface area contributed by atoms with Crippen molar-refractivity contribution >= 4 is 12.4 Å². The Bertz CT molecular complexity index is 1030. The largest absolute Gasteiger partial charge is 0.445 e. The van der Waals surface area contributed by atoms with Gasteiger partial charge in [-0.3, -0.25) is 14.2 Å². The van der Waals surface area contributed by atoms with E-state index in [1.807, 2.05) is 0 Å². The molecular formula is C21H19F5N2O4. The number of aromatic nitrogens is 1. The van der Waals surface area contributed by atoms with E-state index in [1.165, 1.54) is 0 Å². The molecule has 1 amide bonds. The van der Waals surface area contributed by atoms with E-state index < -0.39 is 60.3 Å². The molecule has 3 rings (SSSR count). The summed E-state index contributed by atoms with van der Waals surface area (Å²) in [6, 6.07) is 9.46. The Morgan fingerprint density at radius 2 is 1.91 bits per heavy atom. The fourth-order valence-electron chi connectivity index (χ4n) is 3.46. The van der Waals surface area contributed by atoms with Crippen LogP contribution < -0.4 is 5.56 Å². The highest BCUT2D eigenvalue weighted by molar-refractivity contribution is 5.74. The van der Waals surface area contributed by atoms with E-state index in [9.17, 15) is 36.3 Å². The van der Waals surface area contributed by atoms with E-state index in [2.05, 4.69) is 0 Å². The molecule has 32 heavy (non-hydrogen) atoms. The maximum Gasteiger partial charge on any atom is 0.410 e. The Morgan fingerprint density at radius 1 is 1.22 bits per heavy atom. The lowest BCUT2D eigenvalue weighted by Gasteiger charge is -2.38. The fraction of sp³-hybridized carbons (Fsp3) is 0.381. The highest BCUT2D eigenvalue weighted by Crippen LogP contribution is 2.40. The number of aldehydes is 1. The van der Waals surface area contributed by atoms with Crippen LogP contribution in [0.1, 0.15) is 40.1 Å². The summed E-state index contributed by atoms with van der Waals surface area (Å²) in [5.41, 5.74) is -1.84. The zero-order valence-corrected chi connectivity index (χ0v) is 16.6. The Balaban J connectivity index is 1.86. The first kappa shape index (κ1) is 23.4. The van der Waals surface area contributed by atoms with Crippen molar-refractivity contribution in [2.24, 2.45) is 0 Å². The minimum Gasteiger partial charge on any atom is -0.445 e. The van der Waals surface area contributed by atoms with Crippen LogP contribution in [0.2, 0.25) is 0 Å². The Labute approximate surface area is 179 Å². The van der Waals surface area contributed by atoms with E-state index in [0.29, 0.717) is 11.8 Å². The van der Waals surface area contributed by atoms with Gasteiger partial charge >= 0.3 is 6.09 Å². The standard InChI is InChI=1S/C21H19F5N2O4/c22-17(23)18(24)28-9-14(8-15(11-29)19(28)30)16-10-27(7-6-21(16,25)26)20(31)32-12-13-4-2-1-3-5-13/h1-5,8-9,11,16-18H,6-7,10,12H2. The number of carbonyl (C=O) groups excluding carboxylic acids is 2. The molecular weight excluding hydrogens is 439 g/mol. The molecule has 1 fully saturated rings. The van der Waals surface area contributed by atoms with Crippen LogP contribution in [0.4, 0.5) is 26.7 Å². The third-order valence-electron chi connectivity index (χ3n) is 5.19. The second-order valence-electron chi connectivity index (χ2n) is 7.32. The van der Waals surface area contributed by atoms with Crippen molar-refractivity contribution in [1.82, 2.24) is 9.47 Å². The molecule has 0 aliphatic carbocycles. The molecule has 172 valence electrons. The van der Waals surface area contributed by atoms with E-state index in [-0.39, 0.29) is 24.0 Å². The van der Waals surface area contributed by atoms with Crippen molar-refractivity contribution in [1.29, 1.82) is 0 Å². The number of pyridine rings is 1. The summed E-state index contributed by atoms with van der Waals surface area (Å²) in [6.45, 7) is -1.00. The quantitative estimate of drug-likeness (QED) is 0.482. The number of ether oxygens (including phenoxy) is 1. The molecule has 1 aliphatic rings. The molecule has 1 aromatic carbocycles. The number of likely N-dealkylation sites (tertiary alicyclic amines) is 1. The van der Waals surface area contributed by atoms with Gasteiger partial charge in [0.05, 0.1) is 11.5 Å². The molecule has 0 N–H and O–H groups in total. The summed E-state index contributed by atoms with van der Waals surface area (Å²) in [4.78, 5) is 36.6. The molecule has 0 saturated carbocycles. The van der Waals surface area contributed by atoms with Crippen LogP contribution in [0.3, 0.4) is 0 Å². The van der Waals surface area contributed by atoms with Gasteiger partial charge in [0.25, 0.3) is 17.9 Å². The number of halogens is 5. The molecule has 0 bridgehead atoms. The normalized spacial score (nSPS) is 18.9. The van der Waals surface area contributed by atoms with Crippen molar-refractivity contribution in [3.8, 4) is 0 Å². The maximum absolute atomic E-state index is 14.7. The zero-order valence-electron chi connectivity index (χ0n) is 16.6. The minimum absolute atomic E-state index is 0.0205. The van der Waals surface area contributed by atoms with E-state index in [4.69, 9.17) is 4.74 Å². The van der Waals surface area contributed by atoms with Gasteiger partial charge in [-0.15, -0.1) is 0 Å². The van der Waals surface area contributed by atoms with Gasteiger partial charge in [0.2, 0.25) is 6.30 Å². The average molecular weight is 458 g/mol.